The Kier molecular flexibility index (Phi) is 4.17. The van der Waals surface area contributed by atoms with Crippen LogP contribution in [0.25, 0.3) is 10.9 Å². The van der Waals surface area contributed by atoms with E-state index in [1.165, 1.54) is 11.7 Å². The van der Waals surface area contributed by atoms with E-state index in [4.69, 9.17) is 10.6 Å². The summed E-state index contributed by atoms with van der Waals surface area (Å²) in [5.74, 6) is 4.96. The minimum atomic E-state index is -0.888. The van der Waals surface area contributed by atoms with Crippen LogP contribution in [0.3, 0.4) is 0 Å². The molecule has 3 fully saturated rings. The molecule has 30 heavy (non-hydrogen) atoms. The van der Waals surface area contributed by atoms with Crippen molar-refractivity contribution >= 4 is 16.6 Å². The third-order valence-electron chi connectivity index (χ3n) is 6.97. The van der Waals surface area contributed by atoms with Crippen LogP contribution in [0, 0.1) is 17.2 Å². The van der Waals surface area contributed by atoms with Crippen molar-refractivity contribution in [2.45, 2.75) is 37.8 Å². The minimum Gasteiger partial charge on any atom is -0.492 e. The quantitative estimate of drug-likeness (QED) is 0.579. The minimum absolute atomic E-state index is 0.00521. The van der Waals surface area contributed by atoms with E-state index in [1.54, 1.807) is 4.90 Å². The van der Waals surface area contributed by atoms with Crippen molar-refractivity contribution in [2.24, 2.45) is 11.3 Å². The second-order valence-electron chi connectivity index (χ2n) is 8.79. The lowest BCUT2D eigenvalue weighted by Gasteiger charge is -2.25. The van der Waals surface area contributed by atoms with Crippen LogP contribution in [0.15, 0.2) is 15.7 Å². The Bertz CT molecular complexity index is 1150. The first-order chi connectivity index (χ1) is 14.3. The average Bonchev–Trinajstić information content (AvgIpc) is 3.65. The number of hydrogen-bond donors (Lipinski definition) is 3. The summed E-state index contributed by atoms with van der Waals surface area (Å²) in [5, 5.41) is 19.7. The second kappa shape index (κ2) is 6.45. The molecule has 2 atom stereocenters. The topological polar surface area (TPSA) is 123 Å². The second-order valence-corrected chi connectivity index (χ2v) is 8.79. The number of halogens is 1. The summed E-state index contributed by atoms with van der Waals surface area (Å²) >= 11 is 0. The molecule has 2 aliphatic carbocycles. The maximum atomic E-state index is 15.4. The van der Waals surface area contributed by atoms with Crippen LogP contribution < -0.4 is 26.7 Å². The van der Waals surface area contributed by atoms with Gasteiger partial charge in [0.15, 0.2) is 11.6 Å². The number of ether oxygens (including phenoxy) is 1. The zero-order valence-electron chi connectivity index (χ0n) is 16.7. The number of nitrogen functional groups attached to an aromatic ring is 1. The maximum Gasteiger partial charge on any atom is 0.350 e. The summed E-state index contributed by atoms with van der Waals surface area (Å²) in [6.45, 7) is 0.506. The molecule has 1 aromatic carbocycles. The predicted octanol–water partition coefficient (Wildman–Crippen LogP) is -0.0708. The highest BCUT2D eigenvalue weighted by atomic mass is 19.1. The van der Waals surface area contributed by atoms with E-state index in [2.05, 4.69) is 0 Å². The number of nitrogens with zero attached hydrogens (tertiary/aromatic N) is 3. The Hall–Kier alpha value is -2.59. The molecule has 2 saturated carbocycles. The highest BCUT2D eigenvalue weighted by Crippen LogP contribution is 2.59. The van der Waals surface area contributed by atoms with Crippen LogP contribution in [0.5, 0.6) is 5.75 Å². The molecular weight excluding hydrogens is 395 g/mol. The van der Waals surface area contributed by atoms with E-state index in [9.17, 15) is 19.8 Å². The van der Waals surface area contributed by atoms with Crippen LogP contribution in [-0.2, 0) is 0 Å². The first kappa shape index (κ1) is 19.4. The van der Waals surface area contributed by atoms with Crippen molar-refractivity contribution < 1.29 is 19.3 Å². The lowest BCUT2D eigenvalue weighted by Crippen LogP contribution is -2.44. The van der Waals surface area contributed by atoms with Gasteiger partial charge in [0.25, 0.3) is 5.56 Å². The fraction of sp³-hybridized carbons (Fsp3) is 0.600. The van der Waals surface area contributed by atoms with Gasteiger partial charge < -0.3 is 25.7 Å². The van der Waals surface area contributed by atoms with Gasteiger partial charge in [-0.3, -0.25) is 9.36 Å². The predicted molar refractivity (Wildman–Crippen MR) is 108 cm³/mol. The van der Waals surface area contributed by atoms with Crippen LogP contribution in [0.4, 0.5) is 10.1 Å². The molecule has 4 N–H and O–H groups in total. The number of benzene rings is 1. The zero-order valence-corrected chi connectivity index (χ0v) is 16.7. The number of aliphatic hydroxyl groups excluding tert-OH is 2. The lowest BCUT2D eigenvalue weighted by molar-refractivity contribution is 0.0335. The van der Waals surface area contributed by atoms with Gasteiger partial charge in [-0.2, -0.15) is 4.68 Å². The SMILES string of the molecule is COc1c(N2CC(C(O)CO)C3(CC3)C2)c(F)cc2c(=O)n(N)c(=O)n(C3CC3)c12. The number of methoxy groups -OCH3 is 1. The van der Waals surface area contributed by atoms with E-state index in [-0.39, 0.29) is 46.3 Å². The Balaban J connectivity index is 1.73. The number of aliphatic hydroxyl groups is 2. The molecule has 0 bridgehead atoms. The van der Waals surface area contributed by atoms with E-state index in [1.807, 2.05) is 0 Å². The van der Waals surface area contributed by atoms with Gasteiger partial charge in [0.2, 0.25) is 0 Å². The molecule has 162 valence electrons. The van der Waals surface area contributed by atoms with Gasteiger partial charge in [0.1, 0.15) is 11.2 Å². The monoisotopic (exact) mass is 420 g/mol. The first-order valence-electron chi connectivity index (χ1n) is 10.2. The Morgan fingerprint density at radius 1 is 1.37 bits per heavy atom. The highest BCUT2D eigenvalue weighted by Gasteiger charge is 2.57. The van der Waals surface area contributed by atoms with Gasteiger partial charge in [-0.05, 0) is 37.2 Å². The highest BCUT2D eigenvalue weighted by molar-refractivity contribution is 5.91. The van der Waals surface area contributed by atoms with Crippen molar-refractivity contribution in [3.8, 4) is 5.75 Å². The molecule has 1 aromatic heterocycles. The fourth-order valence-corrected chi connectivity index (χ4v) is 5.11. The van der Waals surface area contributed by atoms with Crippen molar-refractivity contribution in [3.05, 3.63) is 32.7 Å². The number of anilines is 1. The van der Waals surface area contributed by atoms with E-state index < -0.39 is 23.2 Å². The third-order valence-corrected chi connectivity index (χ3v) is 6.97. The molecule has 0 radical (unpaired) electrons. The molecule has 3 aliphatic rings. The molecule has 9 nitrogen and oxygen atoms in total. The Morgan fingerprint density at radius 3 is 2.63 bits per heavy atom. The summed E-state index contributed by atoms with van der Waals surface area (Å²) in [5.41, 5.74) is -1.16. The molecule has 2 aromatic rings. The summed E-state index contributed by atoms with van der Waals surface area (Å²) in [6.07, 6.45) is 2.43. The smallest absolute Gasteiger partial charge is 0.350 e. The summed E-state index contributed by atoms with van der Waals surface area (Å²) in [4.78, 5) is 27.2. The van der Waals surface area contributed by atoms with E-state index >= 15 is 4.39 Å². The molecule has 1 aliphatic heterocycles. The third kappa shape index (κ3) is 2.59. The molecule has 2 unspecified atom stereocenters. The van der Waals surface area contributed by atoms with Crippen molar-refractivity contribution in [1.82, 2.24) is 9.24 Å². The molecular formula is C20H25FN4O5. The fourth-order valence-electron chi connectivity index (χ4n) is 5.11. The maximum absolute atomic E-state index is 15.4. The van der Waals surface area contributed by atoms with Crippen LogP contribution in [0.1, 0.15) is 31.7 Å². The largest absolute Gasteiger partial charge is 0.492 e. The Morgan fingerprint density at radius 2 is 2.07 bits per heavy atom. The molecule has 10 heteroatoms. The zero-order chi connectivity index (χ0) is 21.4. The number of nitrogens with two attached hydrogens (primary N) is 1. The number of aromatic nitrogens is 2. The van der Waals surface area contributed by atoms with Crippen molar-refractivity contribution in [1.29, 1.82) is 0 Å². The number of rotatable bonds is 5. The van der Waals surface area contributed by atoms with Crippen molar-refractivity contribution in [2.75, 3.05) is 37.5 Å². The van der Waals surface area contributed by atoms with E-state index in [0.29, 0.717) is 17.8 Å². The average molecular weight is 420 g/mol. The number of hydrogen-bond acceptors (Lipinski definition) is 7. The van der Waals surface area contributed by atoms with Gasteiger partial charge in [-0.1, -0.05) is 0 Å². The summed E-state index contributed by atoms with van der Waals surface area (Å²) < 4.78 is 22.9. The van der Waals surface area contributed by atoms with Crippen LogP contribution in [-0.4, -0.2) is 52.4 Å². The van der Waals surface area contributed by atoms with Gasteiger partial charge in [-0.25, -0.2) is 9.18 Å². The van der Waals surface area contributed by atoms with Gasteiger partial charge in [-0.15, -0.1) is 0 Å². The lowest BCUT2D eigenvalue weighted by atomic mass is 9.88. The normalized spacial score (nSPS) is 23.3. The molecule has 5 rings (SSSR count). The van der Waals surface area contributed by atoms with Gasteiger partial charge >= 0.3 is 5.69 Å². The molecule has 1 saturated heterocycles. The number of fused-ring (bicyclic) bond motifs is 1. The molecule has 2 heterocycles. The van der Waals surface area contributed by atoms with Gasteiger partial charge in [0, 0.05) is 25.0 Å². The Labute approximate surface area is 171 Å². The van der Waals surface area contributed by atoms with Crippen LogP contribution in [0.2, 0.25) is 0 Å². The molecule has 0 amide bonds. The first-order valence-corrected chi connectivity index (χ1v) is 10.2. The summed E-state index contributed by atoms with van der Waals surface area (Å²) in [7, 11) is 1.39. The summed E-state index contributed by atoms with van der Waals surface area (Å²) in [6, 6.07) is 1.01. The standard InChI is InChI=1S/C20H25FN4O5/c1-30-17-15-11(18(28)25(22)19(29)24(15)10-2-3-10)6-13(21)16(17)23-7-12(14(27)8-26)20(9-23)4-5-20/h6,10,12,14,26-27H,2-5,7-9,22H2,1H3. The van der Waals surface area contributed by atoms with E-state index in [0.717, 1.165) is 31.7 Å². The van der Waals surface area contributed by atoms with Crippen molar-refractivity contribution in [3.63, 3.8) is 0 Å². The van der Waals surface area contributed by atoms with Gasteiger partial charge in [0.05, 0.1) is 25.2 Å². The van der Waals surface area contributed by atoms with Crippen LogP contribution >= 0.6 is 0 Å². The molecule has 1 spiro atoms.